The molecule has 26 heavy (non-hydrogen) atoms. The van der Waals surface area contributed by atoms with Crippen molar-refractivity contribution in [2.75, 3.05) is 6.26 Å². The third-order valence-electron chi connectivity index (χ3n) is 4.00. The molecule has 0 radical (unpaired) electrons. The van der Waals surface area contributed by atoms with E-state index in [2.05, 4.69) is 0 Å². The van der Waals surface area contributed by atoms with Crippen molar-refractivity contribution in [2.45, 2.75) is 14.7 Å². The van der Waals surface area contributed by atoms with Crippen molar-refractivity contribution in [1.29, 1.82) is 0 Å². The highest BCUT2D eigenvalue weighted by Gasteiger charge is 2.34. The Kier molecular flexibility index (Phi) is 4.75. The summed E-state index contributed by atoms with van der Waals surface area (Å²) in [7, 11) is -2.94. The van der Waals surface area contributed by atoms with E-state index in [1.807, 2.05) is 0 Å². The quantitative estimate of drug-likeness (QED) is 0.455. The van der Waals surface area contributed by atoms with Crippen LogP contribution in [0.5, 0.6) is 0 Å². The third kappa shape index (κ3) is 3.07. The highest BCUT2D eigenvalue weighted by Crippen LogP contribution is 2.67. The summed E-state index contributed by atoms with van der Waals surface area (Å²) in [6.45, 7) is 0. The number of hydrogen-bond donors (Lipinski definition) is 0. The largest absolute Gasteiger partial charge is 0.207 e. The van der Waals surface area contributed by atoms with E-state index in [4.69, 9.17) is 0 Å². The minimum atomic E-state index is -2.94. The highest BCUT2D eigenvalue weighted by atomic mass is 32.3. The SMILES string of the molecule is CS(c1ccc(F)cc1F)(c1ccc(F)cc1F)c1ccc(F)cc1F. The van der Waals surface area contributed by atoms with Crippen LogP contribution in [0.15, 0.2) is 69.3 Å². The molecule has 0 saturated heterocycles. The lowest BCUT2D eigenvalue weighted by Gasteiger charge is -2.38. The van der Waals surface area contributed by atoms with E-state index in [9.17, 15) is 26.3 Å². The summed E-state index contributed by atoms with van der Waals surface area (Å²) in [4.78, 5) is -0.472. The maximum Gasteiger partial charge on any atom is 0.138 e. The summed E-state index contributed by atoms with van der Waals surface area (Å²) in [6.07, 6.45) is 1.38. The van der Waals surface area contributed by atoms with Crippen LogP contribution >= 0.6 is 10.0 Å². The van der Waals surface area contributed by atoms with Gasteiger partial charge in [-0.1, -0.05) is 0 Å². The molecule has 7 heteroatoms. The van der Waals surface area contributed by atoms with Gasteiger partial charge in [-0.05, 0) is 42.7 Å². The van der Waals surface area contributed by atoms with Crippen LogP contribution < -0.4 is 0 Å². The van der Waals surface area contributed by atoms with Crippen molar-refractivity contribution in [3.8, 4) is 0 Å². The predicted octanol–water partition coefficient (Wildman–Crippen LogP) is 6.43. The lowest BCUT2D eigenvalue weighted by Crippen LogP contribution is -2.08. The van der Waals surface area contributed by atoms with Crippen LogP contribution in [-0.4, -0.2) is 6.26 Å². The molecule has 3 aromatic rings. The van der Waals surface area contributed by atoms with Crippen molar-refractivity contribution in [3.05, 3.63) is 89.5 Å². The highest BCUT2D eigenvalue weighted by molar-refractivity contribution is 8.33. The summed E-state index contributed by atoms with van der Waals surface area (Å²) < 4.78 is 83.6. The average Bonchev–Trinajstić information content (AvgIpc) is 2.54. The zero-order valence-corrected chi connectivity index (χ0v) is 14.2. The second kappa shape index (κ2) is 6.72. The lowest BCUT2D eigenvalue weighted by molar-refractivity contribution is 0.554. The first-order chi connectivity index (χ1) is 12.2. The van der Waals surface area contributed by atoms with E-state index in [1.54, 1.807) is 0 Å². The standard InChI is InChI=1S/C19H12F6S/c1-26(17-5-2-11(20)8-14(17)23,18-6-3-12(21)9-15(18)24)19-7-4-13(22)10-16(19)25/h2-10H,1H3. The van der Waals surface area contributed by atoms with E-state index < -0.39 is 44.9 Å². The molecule has 0 heterocycles. The van der Waals surface area contributed by atoms with E-state index in [0.29, 0.717) is 18.2 Å². The minimum absolute atomic E-state index is 0.157. The van der Waals surface area contributed by atoms with Gasteiger partial charge in [0, 0.05) is 32.9 Å². The van der Waals surface area contributed by atoms with Crippen LogP contribution in [0, 0.1) is 34.9 Å². The first-order valence-corrected chi connectivity index (χ1v) is 9.41. The fraction of sp³-hybridized carbons (Fsp3) is 0.0526. The summed E-state index contributed by atoms with van der Waals surface area (Å²) in [5, 5.41) is 0. The Morgan fingerprint density at radius 1 is 0.500 bits per heavy atom. The lowest BCUT2D eigenvalue weighted by atomic mass is 10.3. The Balaban J connectivity index is 2.38. The third-order valence-corrected chi connectivity index (χ3v) is 7.63. The van der Waals surface area contributed by atoms with Gasteiger partial charge in [0.05, 0.1) is 0 Å². The van der Waals surface area contributed by atoms with Gasteiger partial charge in [0.2, 0.25) is 0 Å². The van der Waals surface area contributed by atoms with Crippen LogP contribution in [-0.2, 0) is 0 Å². The zero-order chi connectivity index (χ0) is 19.1. The van der Waals surface area contributed by atoms with E-state index >= 15 is 0 Å². The Labute approximate surface area is 147 Å². The smallest absolute Gasteiger partial charge is 0.138 e. The maximum atomic E-state index is 14.5. The van der Waals surface area contributed by atoms with Crippen LogP contribution in [0.4, 0.5) is 26.3 Å². The second-order valence-corrected chi connectivity index (χ2v) is 8.80. The van der Waals surface area contributed by atoms with Gasteiger partial charge in [-0.25, -0.2) is 26.3 Å². The molecule has 0 aliphatic carbocycles. The van der Waals surface area contributed by atoms with Crippen LogP contribution in [0.3, 0.4) is 0 Å². The van der Waals surface area contributed by atoms with Gasteiger partial charge in [0.1, 0.15) is 34.9 Å². The second-order valence-electron chi connectivity index (χ2n) is 5.64. The van der Waals surface area contributed by atoms with Gasteiger partial charge in [-0.2, -0.15) is 10.0 Å². The van der Waals surface area contributed by atoms with Crippen molar-refractivity contribution in [3.63, 3.8) is 0 Å². The van der Waals surface area contributed by atoms with Gasteiger partial charge in [-0.15, -0.1) is 0 Å². The van der Waals surface area contributed by atoms with Crippen molar-refractivity contribution in [2.24, 2.45) is 0 Å². The predicted molar refractivity (Wildman–Crippen MR) is 87.4 cm³/mol. The summed E-state index contributed by atoms with van der Waals surface area (Å²) >= 11 is 0. The molecule has 0 amide bonds. The fourth-order valence-electron chi connectivity index (χ4n) is 2.77. The van der Waals surface area contributed by atoms with Gasteiger partial charge in [0.25, 0.3) is 0 Å². The van der Waals surface area contributed by atoms with Gasteiger partial charge in [-0.3, -0.25) is 0 Å². The molecule has 0 bridgehead atoms. The molecule has 0 aromatic heterocycles. The monoisotopic (exact) mass is 386 g/mol. The van der Waals surface area contributed by atoms with Crippen LogP contribution in [0.2, 0.25) is 0 Å². The Morgan fingerprint density at radius 2 is 0.769 bits per heavy atom. The van der Waals surface area contributed by atoms with Crippen molar-refractivity contribution in [1.82, 2.24) is 0 Å². The molecule has 0 aliphatic rings. The van der Waals surface area contributed by atoms with E-state index in [1.165, 1.54) is 6.26 Å². The molecular formula is C19H12F6S. The average molecular weight is 386 g/mol. The zero-order valence-electron chi connectivity index (χ0n) is 13.4. The maximum absolute atomic E-state index is 14.5. The van der Waals surface area contributed by atoms with Crippen molar-refractivity contribution < 1.29 is 26.3 Å². The number of rotatable bonds is 3. The Morgan fingerprint density at radius 3 is 1.00 bits per heavy atom. The van der Waals surface area contributed by atoms with Crippen LogP contribution in [0.1, 0.15) is 0 Å². The number of hydrogen-bond acceptors (Lipinski definition) is 0. The molecule has 0 unspecified atom stereocenters. The van der Waals surface area contributed by atoms with E-state index in [0.717, 1.165) is 36.4 Å². The molecule has 0 saturated carbocycles. The normalized spacial score (nSPS) is 12.3. The topological polar surface area (TPSA) is 0 Å². The summed E-state index contributed by atoms with van der Waals surface area (Å²) in [5.74, 6) is -5.58. The Hall–Kier alpha value is -2.41. The van der Waals surface area contributed by atoms with Gasteiger partial charge >= 0.3 is 0 Å². The molecule has 0 fully saturated rings. The van der Waals surface area contributed by atoms with Crippen LogP contribution in [0.25, 0.3) is 0 Å². The molecule has 0 nitrogen and oxygen atoms in total. The fourth-order valence-corrected chi connectivity index (χ4v) is 5.85. The molecule has 0 N–H and O–H groups in total. The molecule has 0 atom stereocenters. The summed E-state index contributed by atoms with van der Waals surface area (Å²) in [6, 6.07) is 7.96. The summed E-state index contributed by atoms with van der Waals surface area (Å²) in [5.41, 5.74) is 0. The molecule has 0 spiro atoms. The molecule has 0 aliphatic heterocycles. The van der Waals surface area contributed by atoms with Crippen molar-refractivity contribution >= 4 is 10.0 Å². The number of halogens is 6. The molecule has 136 valence electrons. The number of benzene rings is 3. The first-order valence-electron chi connectivity index (χ1n) is 7.37. The molecule has 3 aromatic carbocycles. The molecule has 3 rings (SSSR count). The Bertz CT molecular complexity index is 861. The minimum Gasteiger partial charge on any atom is -0.207 e. The van der Waals surface area contributed by atoms with Gasteiger partial charge < -0.3 is 0 Å². The molecular weight excluding hydrogens is 374 g/mol. The first kappa shape index (κ1) is 18.4. The van der Waals surface area contributed by atoms with E-state index in [-0.39, 0.29) is 14.7 Å². The van der Waals surface area contributed by atoms with Gasteiger partial charge in [0.15, 0.2) is 0 Å².